The molecule has 1 saturated heterocycles. The molecule has 1 aliphatic rings. The van der Waals surface area contributed by atoms with Crippen LogP contribution in [0.4, 0.5) is 5.69 Å². The lowest BCUT2D eigenvalue weighted by Gasteiger charge is -2.30. The second-order valence-corrected chi connectivity index (χ2v) is 5.03. The third-order valence-corrected chi connectivity index (χ3v) is 2.77. The maximum absolute atomic E-state index is 11.9. The van der Waals surface area contributed by atoms with Crippen LogP contribution in [0, 0.1) is 18.3 Å². The van der Waals surface area contributed by atoms with Crippen molar-refractivity contribution in [3.63, 3.8) is 0 Å². The number of rotatable bonds is 2. The van der Waals surface area contributed by atoms with E-state index in [9.17, 15) is 14.9 Å². The van der Waals surface area contributed by atoms with Crippen molar-refractivity contribution in [3.8, 4) is 6.07 Å². The molecule has 6 heteroatoms. The summed E-state index contributed by atoms with van der Waals surface area (Å²) in [7, 11) is 0. The molecule has 0 bridgehead atoms. The number of nitrogens with zero attached hydrogens (tertiary/aromatic N) is 1. The molecule has 6 nitrogen and oxygen atoms in total. The molecule has 0 aromatic heterocycles. The van der Waals surface area contributed by atoms with Crippen LogP contribution in [0.3, 0.4) is 0 Å². The van der Waals surface area contributed by atoms with Gasteiger partial charge in [0.25, 0.3) is 5.79 Å². The lowest BCUT2D eigenvalue weighted by atomic mass is 10.1. The predicted octanol–water partition coefficient (Wildman–Crippen LogP) is 2.02. The Morgan fingerprint density at radius 3 is 2.14 bits per heavy atom. The van der Waals surface area contributed by atoms with E-state index in [0.29, 0.717) is 5.69 Å². The molecule has 0 aliphatic carbocycles. The predicted molar refractivity (Wildman–Crippen MR) is 73.7 cm³/mol. The first kappa shape index (κ1) is 14.6. The van der Waals surface area contributed by atoms with Crippen LogP contribution in [-0.2, 0) is 19.1 Å². The number of nitrogens with one attached hydrogen (secondary N) is 1. The number of esters is 2. The Kier molecular flexibility index (Phi) is 3.68. The van der Waals surface area contributed by atoms with Gasteiger partial charge >= 0.3 is 11.9 Å². The summed E-state index contributed by atoms with van der Waals surface area (Å²) in [5.41, 5.74) is 0.988. The van der Waals surface area contributed by atoms with Gasteiger partial charge in [-0.1, -0.05) is 17.7 Å². The van der Waals surface area contributed by atoms with E-state index in [0.717, 1.165) is 5.56 Å². The van der Waals surface area contributed by atoms with E-state index in [1.807, 2.05) is 19.1 Å². The summed E-state index contributed by atoms with van der Waals surface area (Å²) in [6, 6.07) is 8.93. The van der Waals surface area contributed by atoms with Crippen molar-refractivity contribution in [1.29, 1.82) is 5.26 Å². The molecule has 1 aromatic carbocycles. The number of nitriles is 1. The number of cyclic esters (lactones) is 2. The SMILES string of the molecule is Cc1ccc(NC(C#N)=C2C(=O)OC(C)(C)OC2=O)cc1. The van der Waals surface area contributed by atoms with E-state index in [-0.39, 0.29) is 5.70 Å². The van der Waals surface area contributed by atoms with Gasteiger partial charge in [-0.15, -0.1) is 0 Å². The Labute approximate surface area is 122 Å². The van der Waals surface area contributed by atoms with E-state index in [1.165, 1.54) is 13.8 Å². The molecule has 1 fully saturated rings. The fourth-order valence-electron chi connectivity index (χ4n) is 1.78. The quantitative estimate of drug-likeness (QED) is 0.387. The minimum absolute atomic E-state index is 0.204. The second kappa shape index (κ2) is 5.29. The summed E-state index contributed by atoms with van der Waals surface area (Å²) in [5.74, 6) is -3.10. The van der Waals surface area contributed by atoms with Crippen LogP contribution in [0.2, 0.25) is 0 Å². The highest BCUT2D eigenvalue weighted by Gasteiger charge is 2.41. The lowest BCUT2D eigenvalue weighted by molar-refractivity contribution is -0.222. The third-order valence-electron chi connectivity index (χ3n) is 2.77. The largest absolute Gasteiger partial charge is 0.419 e. The van der Waals surface area contributed by atoms with Crippen LogP contribution in [0.5, 0.6) is 0 Å². The molecule has 1 aromatic rings. The first-order valence-electron chi connectivity index (χ1n) is 6.27. The van der Waals surface area contributed by atoms with Gasteiger partial charge in [-0.25, -0.2) is 9.59 Å². The van der Waals surface area contributed by atoms with Gasteiger partial charge in [0, 0.05) is 19.5 Å². The Morgan fingerprint density at radius 1 is 1.14 bits per heavy atom. The van der Waals surface area contributed by atoms with Gasteiger partial charge in [-0.2, -0.15) is 5.26 Å². The molecule has 2 rings (SSSR count). The van der Waals surface area contributed by atoms with Crippen molar-refractivity contribution < 1.29 is 19.1 Å². The summed E-state index contributed by atoms with van der Waals surface area (Å²) in [5, 5.41) is 11.9. The standard InChI is InChI=1S/C15H14N2O4/c1-9-4-6-10(7-5-9)17-11(8-16)12-13(18)20-15(2,3)21-14(12)19/h4-7,17H,1-3H3. The van der Waals surface area contributed by atoms with Gasteiger partial charge in [0.05, 0.1) is 0 Å². The number of carbonyl (C=O) groups is 2. The monoisotopic (exact) mass is 286 g/mol. The van der Waals surface area contributed by atoms with E-state index in [2.05, 4.69) is 5.32 Å². The first-order chi connectivity index (χ1) is 9.82. The highest BCUT2D eigenvalue weighted by atomic mass is 16.7. The number of hydrogen-bond donors (Lipinski definition) is 1. The first-order valence-corrected chi connectivity index (χ1v) is 6.27. The normalized spacial score (nSPS) is 16.6. The summed E-state index contributed by atoms with van der Waals surface area (Å²) in [6.07, 6.45) is 0. The van der Waals surface area contributed by atoms with Gasteiger partial charge in [-0.05, 0) is 19.1 Å². The fourth-order valence-corrected chi connectivity index (χ4v) is 1.78. The van der Waals surface area contributed by atoms with Gasteiger partial charge in [0.15, 0.2) is 5.57 Å². The van der Waals surface area contributed by atoms with Gasteiger partial charge < -0.3 is 14.8 Å². The minimum atomic E-state index is -1.33. The number of hydrogen-bond acceptors (Lipinski definition) is 6. The van der Waals surface area contributed by atoms with E-state index in [4.69, 9.17) is 9.47 Å². The van der Waals surface area contributed by atoms with Crippen molar-refractivity contribution in [3.05, 3.63) is 41.1 Å². The Hall–Kier alpha value is -2.81. The van der Waals surface area contributed by atoms with Crippen molar-refractivity contribution in [2.45, 2.75) is 26.6 Å². The topological polar surface area (TPSA) is 88.4 Å². The van der Waals surface area contributed by atoms with Gasteiger partial charge in [0.2, 0.25) is 0 Å². The summed E-state index contributed by atoms with van der Waals surface area (Å²) in [6.45, 7) is 4.81. The molecule has 1 N–H and O–H groups in total. The smallest absolute Gasteiger partial charge is 0.351 e. The fraction of sp³-hybridized carbons (Fsp3) is 0.267. The average Bonchev–Trinajstić information content (AvgIpc) is 2.37. The van der Waals surface area contributed by atoms with Crippen molar-refractivity contribution in [1.82, 2.24) is 0 Å². The molecular formula is C15H14N2O4. The van der Waals surface area contributed by atoms with Crippen LogP contribution < -0.4 is 5.32 Å². The lowest BCUT2D eigenvalue weighted by Crippen LogP contribution is -2.42. The second-order valence-electron chi connectivity index (χ2n) is 5.03. The van der Waals surface area contributed by atoms with Crippen LogP contribution in [-0.4, -0.2) is 17.7 Å². The molecule has 1 aliphatic heterocycles. The molecule has 0 spiro atoms. The third kappa shape index (κ3) is 3.20. The number of ether oxygens (including phenoxy) is 2. The Bertz CT molecular complexity index is 644. The number of allylic oxidation sites excluding steroid dienone is 1. The van der Waals surface area contributed by atoms with Crippen molar-refractivity contribution in [2.24, 2.45) is 0 Å². The van der Waals surface area contributed by atoms with Crippen LogP contribution >= 0.6 is 0 Å². The molecule has 108 valence electrons. The van der Waals surface area contributed by atoms with E-state index < -0.39 is 23.3 Å². The molecule has 21 heavy (non-hydrogen) atoms. The summed E-state index contributed by atoms with van der Waals surface area (Å²) < 4.78 is 9.93. The van der Waals surface area contributed by atoms with Crippen LogP contribution in [0.1, 0.15) is 19.4 Å². The van der Waals surface area contributed by atoms with Gasteiger partial charge in [-0.3, -0.25) is 0 Å². The van der Waals surface area contributed by atoms with E-state index >= 15 is 0 Å². The number of carbonyl (C=O) groups excluding carboxylic acids is 2. The highest BCUT2D eigenvalue weighted by molar-refractivity contribution is 6.16. The Balaban J connectivity index is 2.35. The number of anilines is 1. The average molecular weight is 286 g/mol. The Morgan fingerprint density at radius 2 is 1.67 bits per heavy atom. The molecule has 0 amide bonds. The van der Waals surface area contributed by atoms with Crippen LogP contribution in [0.25, 0.3) is 0 Å². The molecule has 0 radical (unpaired) electrons. The zero-order valence-electron chi connectivity index (χ0n) is 11.9. The summed E-state index contributed by atoms with van der Waals surface area (Å²) in [4.78, 5) is 23.8. The molecule has 0 saturated carbocycles. The zero-order valence-corrected chi connectivity index (χ0v) is 11.9. The highest BCUT2D eigenvalue weighted by Crippen LogP contribution is 2.25. The van der Waals surface area contributed by atoms with Crippen LogP contribution in [0.15, 0.2) is 35.5 Å². The molecule has 1 heterocycles. The number of benzene rings is 1. The maximum Gasteiger partial charge on any atom is 0.351 e. The zero-order chi connectivity index (χ0) is 15.6. The van der Waals surface area contributed by atoms with Gasteiger partial charge in [0.1, 0.15) is 11.8 Å². The molecule has 0 atom stereocenters. The maximum atomic E-state index is 11.9. The van der Waals surface area contributed by atoms with Crippen molar-refractivity contribution in [2.75, 3.05) is 5.32 Å². The molecular weight excluding hydrogens is 272 g/mol. The van der Waals surface area contributed by atoms with Crippen molar-refractivity contribution >= 4 is 17.6 Å². The number of aryl methyl sites for hydroxylation is 1. The molecule has 0 unspecified atom stereocenters. The van der Waals surface area contributed by atoms with E-state index in [1.54, 1.807) is 18.2 Å². The minimum Gasteiger partial charge on any atom is -0.419 e. The summed E-state index contributed by atoms with van der Waals surface area (Å²) >= 11 is 0.